The van der Waals surface area contributed by atoms with E-state index in [0.29, 0.717) is 47.5 Å². The van der Waals surface area contributed by atoms with Crippen molar-refractivity contribution in [2.45, 2.75) is 19.8 Å². The lowest BCUT2D eigenvalue weighted by atomic mass is 9.96. The van der Waals surface area contributed by atoms with E-state index >= 15 is 0 Å². The van der Waals surface area contributed by atoms with Crippen molar-refractivity contribution in [2.75, 3.05) is 26.7 Å². The van der Waals surface area contributed by atoms with Gasteiger partial charge in [0.05, 0.1) is 12.8 Å². The third-order valence-electron chi connectivity index (χ3n) is 5.25. The van der Waals surface area contributed by atoms with Gasteiger partial charge in [-0.1, -0.05) is 16.6 Å². The van der Waals surface area contributed by atoms with Crippen LogP contribution in [0.2, 0.25) is 0 Å². The predicted octanol–water partition coefficient (Wildman–Crippen LogP) is 2.88. The predicted molar refractivity (Wildman–Crippen MR) is 108 cm³/mol. The van der Waals surface area contributed by atoms with E-state index in [-0.39, 0.29) is 17.6 Å². The second-order valence-corrected chi connectivity index (χ2v) is 7.88. The number of nitrogens with zero attached hydrogens (tertiary/aromatic N) is 3. The molecular formula is C20H22N4O4S. The number of hydrogen-bond acceptors (Lipinski definition) is 7. The number of furan rings is 1. The Bertz CT molecular complexity index is 1040. The summed E-state index contributed by atoms with van der Waals surface area (Å²) in [6, 6.07) is 7.26. The maximum absolute atomic E-state index is 12.5. The molecule has 0 radical (unpaired) electrons. The van der Waals surface area contributed by atoms with Crippen LogP contribution >= 0.6 is 11.5 Å². The number of piperidine rings is 1. The van der Waals surface area contributed by atoms with Gasteiger partial charge < -0.3 is 19.4 Å². The number of hydrogen-bond donors (Lipinski definition) is 1. The molecule has 9 heteroatoms. The molecule has 0 spiro atoms. The van der Waals surface area contributed by atoms with Gasteiger partial charge in [0, 0.05) is 25.0 Å². The molecule has 1 N–H and O–H groups in total. The fraction of sp³-hybridized carbons (Fsp3) is 0.400. The van der Waals surface area contributed by atoms with Crippen molar-refractivity contribution in [3.05, 3.63) is 40.6 Å². The molecule has 1 aromatic carbocycles. The molecule has 0 atom stereocenters. The highest BCUT2D eigenvalue weighted by Crippen LogP contribution is 2.28. The summed E-state index contributed by atoms with van der Waals surface area (Å²) < 4.78 is 14.8. The van der Waals surface area contributed by atoms with Crippen molar-refractivity contribution in [2.24, 2.45) is 5.92 Å². The molecule has 2 aromatic heterocycles. The van der Waals surface area contributed by atoms with Gasteiger partial charge in [-0.2, -0.15) is 0 Å². The number of likely N-dealkylation sites (tertiary alicyclic amines) is 1. The number of carbonyl (C=O) groups excluding carboxylic acids is 2. The molecule has 3 heterocycles. The van der Waals surface area contributed by atoms with Gasteiger partial charge in [0.15, 0.2) is 17.1 Å². The zero-order valence-corrected chi connectivity index (χ0v) is 17.1. The molecule has 2 amide bonds. The number of fused-ring (bicyclic) bond motifs is 1. The van der Waals surface area contributed by atoms with E-state index in [9.17, 15) is 9.59 Å². The zero-order valence-electron chi connectivity index (χ0n) is 16.3. The number of aromatic nitrogens is 2. The molecule has 0 aliphatic carbocycles. The summed E-state index contributed by atoms with van der Waals surface area (Å²) in [5, 5.41) is 7.69. The van der Waals surface area contributed by atoms with Crippen molar-refractivity contribution < 1.29 is 18.7 Å². The van der Waals surface area contributed by atoms with Crippen LogP contribution in [0.1, 0.15) is 38.8 Å². The van der Waals surface area contributed by atoms with Crippen LogP contribution in [-0.4, -0.2) is 53.0 Å². The van der Waals surface area contributed by atoms with Crippen molar-refractivity contribution in [3.8, 4) is 5.75 Å². The van der Waals surface area contributed by atoms with E-state index in [1.54, 1.807) is 26.2 Å². The van der Waals surface area contributed by atoms with Crippen LogP contribution in [0.4, 0.5) is 0 Å². The number of ether oxygens (including phenoxy) is 1. The van der Waals surface area contributed by atoms with Crippen molar-refractivity contribution in [1.29, 1.82) is 0 Å². The standard InChI is InChI=1S/C20H22N4O4S/c1-12-18(29-23-22-12)20(26)24-8-6-13(7-9-24)11-21-19(25)16-10-14-4-3-5-15(27-2)17(14)28-16/h3-5,10,13H,6-9,11H2,1-2H3,(H,21,25). The van der Waals surface area contributed by atoms with E-state index in [1.165, 1.54) is 0 Å². The van der Waals surface area contributed by atoms with Gasteiger partial charge in [-0.15, -0.1) is 5.10 Å². The SMILES string of the molecule is COc1cccc2cc(C(=O)NCC3CCN(C(=O)c4snnc4C)CC3)oc12. The highest BCUT2D eigenvalue weighted by atomic mass is 32.1. The third kappa shape index (κ3) is 3.95. The topological polar surface area (TPSA) is 97.6 Å². The number of aryl methyl sites for hydroxylation is 1. The summed E-state index contributed by atoms with van der Waals surface area (Å²) >= 11 is 1.14. The van der Waals surface area contributed by atoms with Crippen LogP contribution in [-0.2, 0) is 0 Å². The molecule has 29 heavy (non-hydrogen) atoms. The van der Waals surface area contributed by atoms with Crippen molar-refractivity contribution in [1.82, 2.24) is 19.8 Å². The summed E-state index contributed by atoms with van der Waals surface area (Å²) in [4.78, 5) is 27.5. The summed E-state index contributed by atoms with van der Waals surface area (Å²) in [7, 11) is 1.57. The Morgan fingerprint density at radius 3 is 2.83 bits per heavy atom. The van der Waals surface area contributed by atoms with E-state index in [0.717, 1.165) is 29.8 Å². The van der Waals surface area contributed by atoms with Crippen LogP contribution in [0.25, 0.3) is 11.0 Å². The lowest BCUT2D eigenvalue weighted by Gasteiger charge is -2.31. The molecule has 4 rings (SSSR count). The molecule has 1 aliphatic rings. The largest absolute Gasteiger partial charge is 0.493 e. The second-order valence-electron chi connectivity index (χ2n) is 7.12. The Hall–Kier alpha value is -2.94. The van der Waals surface area contributed by atoms with Gasteiger partial charge in [0.25, 0.3) is 11.8 Å². The van der Waals surface area contributed by atoms with Crippen LogP contribution in [0.3, 0.4) is 0 Å². The summed E-state index contributed by atoms with van der Waals surface area (Å²) in [5.41, 5.74) is 1.25. The molecule has 3 aromatic rings. The Balaban J connectivity index is 1.31. The highest BCUT2D eigenvalue weighted by Gasteiger charge is 2.26. The minimum absolute atomic E-state index is 0.00351. The van der Waals surface area contributed by atoms with Gasteiger partial charge in [-0.25, -0.2) is 0 Å². The van der Waals surface area contributed by atoms with Gasteiger partial charge in [0.1, 0.15) is 4.88 Å². The Morgan fingerprint density at radius 1 is 1.34 bits per heavy atom. The molecule has 0 saturated carbocycles. The lowest BCUT2D eigenvalue weighted by Crippen LogP contribution is -2.41. The third-order valence-corrected chi connectivity index (χ3v) is 6.07. The first kappa shape index (κ1) is 19.4. The summed E-state index contributed by atoms with van der Waals surface area (Å²) in [5.74, 6) is 0.946. The normalized spacial score (nSPS) is 14.9. The van der Waals surface area contributed by atoms with Gasteiger partial charge >= 0.3 is 0 Å². The number of para-hydroxylation sites is 1. The summed E-state index contributed by atoms with van der Waals surface area (Å²) in [6.07, 6.45) is 1.68. The summed E-state index contributed by atoms with van der Waals surface area (Å²) in [6.45, 7) is 3.68. The minimum Gasteiger partial charge on any atom is -0.493 e. The van der Waals surface area contributed by atoms with E-state index in [2.05, 4.69) is 14.9 Å². The smallest absolute Gasteiger partial charge is 0.287 e. The average molecular weight is 414 g/mol. The molecule has 1 fully saturated rings. The van der Waals surface area contributed by atoms with Crippen LogP contribution in [0.5, 0.6) is 5.75 Å². The molecule has 1 saturated heterocycles. The fourth-order valence-electron chi connectivity index (χ4n) is 3.54. The number of rotatable bonds is 5. The van der Waals surface area contributed by atoms with Crippen LogP contribution in [0, 0.1) is 12.8 Å². The number of nitrogens with one attached hydrogen (secondary N) is 1. The highest BCUT2D eigenvalue weighted by molar-refractivity contribution is 7.07. The lowest BCUT2D eigenvalue weighted by molar-refractivity contribution is 0.0687. The van der Waals surface area contributed by atoms with Crippen LogP contribution < -0.4 is 10.1 Å². The van der Waals surface area contributed by atoms with Crippen molar-refractivity contribution >= 4 is 34.3 Å². The molecule has 1 aliphatic heterocycles. The maximum Gasteiger partial charge on any atom is 0.287 e. The van der Waals surface area contributed by atoms with Crippen molar-refractivity contribution in [3.63, 3.8) is 0 Å². The quantitative estimate of drug-likeness (QED) is 0.689. The van der Waals surface area contributed by atoms with E-state index in [1.807, 2.05) is 17.0 Å². The average Bonchev–Trinajstić information content (AvgIpc) is 3.37. The number of methoxy groups -OCH3 is 1. The number of carbonyl (C=O) groups is 2. The van der Waals surface area contributed by atoms with E-state index in [4.69, 9.17) is 9.15 Å². The number of amides is 2. The molecular weight excluding hydrogens is 392 g/mol. The molecule has 8 nitrogen and oxygen atoms in total. The molecule has 0 bridgehead atoms. The minimum atomic E-state index is -0.242. The van der Waals surface area contributed by atoms with E-state index < -0.39 is 0 Å². The Kier molecular flexibility index (Phi) is 5.48. The second kappa shape index (κ2) is 8.20. The molecule has 152 valence electrons. The first-order valence-corrected chi connectivity index (χ1v) is 10.3. The maximum atomic E-state index is 12.5. The van der Waals surface area contributed by atoms with Crippen LogP contribution in [0.15, 0.2) is 28.7 Å². The monoisotopic (exact) mass is 414 g/mol. The first-order chi connectivity index (χ1) is 14.1. The molecule has 0 unspecified atom stereocenters. The zero-order chi connectivity index (χ0) is 20.4. The van der Waals surface area contributed by atoms with Gasteiger partial charge in [-0.3, -0.25) is 9.59 Å². The first-order valence-electron chi connectivity index (χ1n) is 9.49. The number of benzene rings is 1. The van der Waals surface area contributed by atoms with Gasteiger partial charge in [0.2, 0.25) is 0 Å². The van der Waals surface area contributed by atoms with Gasteiger partial charge in [-0.05, 0) is 49.3 Å². The Labute approximate surface area is 172 Å². The fourth-order valence-corrected chi connectivity index (χ4v) is 4.17. The Morgan fingerprint density at radius 2 is 2.14 bits per heavy atom.